The van der Waals surface area contributed by atoms with Crippen LogP contribution >= 0.6 is 11.6 Å². The predicted octanol–water partition coefficient (Wildman–Crippen LogP) is 3.51. The average molecular weight is 275 g/mol. The molecule has 0 aliphatic carbocycles. The summed E-state index contributed by atoms with van der Waals surface area (Å²) in [5.41, 5.74) is 1.75. The van der Waals surface area contributed by atoms with E-state index >= 15 is 0 Å². The smallest absolute Gasteiger partial charge is 0.338 e. The summed E-state index contributed by atoms with van der Waals surface area (Å²) in [7, 11) is 0. The van der Waals surface area contributed by atoms with Gasteiger partial charge in [-0.1, -0.05) is 35.9 Å². The highest BCUT2D eigenvalue weighted by atomic mass is 35.5. The maximum absolute atomic E-state index is 11.8. The van der Waals surface area contributed by atoms with Gasteiger partial charge in [-0.2, -0.15) is 0 Å². The van der Waals surface area contributed by atoms with Crippen molar-refractivity contribution < 1.29 is 14.3 Å². The summed E-state index contributed by atoms with van der Waals surface area (Å²) >= 11 is 5.84. The predicted molar refractivity (Wildman–Crippen MR) is 72.4 cm³/mol. The van der Waals surface area contributed by atoms with E-state index in [1.807, 2.05) is 6.07 Å². The van der Waals surface area contributed by atoms with Crippen molar-refractivity contribution in [3.8, 4) is 0 Å². The highest BCUT2D eigenvalue weighted by Gasteiger charge is 2.07. The Balaban J connectivity index is 1.99. The minimum atomic E-state index is -0.433. The zero-order chi connectivity index (χ0) is 13.7. The van der Waals surface area contributed by atoms with E-state index in [-0.39, 0.29) is 6.61 Å². The van der Waals surface area contributed by atoms with E-state index in [4.69, 9.17) is 16.3 Å². The number of carbonyl (C=O) groups excluding carboxylic acids is 2. The molecule has 19 heavy (non-hydrogen) atoms. The van der Waals surface area contributed by atoms with Gasteiger partial charge in [0.05, 0.1) is 5.56 Å². The third kappa shape index (κ3) is 3.66. The maximum Gasteiger partial charge on any atom is 0.338 e. The summed E-state index contributed by atoms with van der Waals surface area (Å²) < 4.78 is 5.16. The molecule has 4 heteroatoms. The van der Waals surface area contributed by atoms with Crippen LogP contribution in [-0.4, -0.2) is 12.3 Å². The number of benzene rings is 2. The minimum Gasteiger partial charge on any atom is -0.457 e. The van der Waals surface area contributed by atoms with Crippen molar-refractivity contribution in [2.75, 3.05) is 0 Å². The van der Waals surface area contributed by atoms with Gasteiger partial charge in [-0.05, 0) is 29.8 Å². The topological polar surface area (TPSA) is 43.4 Å². The molecule has 0 aliphatic heterocycles. The Morgan fingerprint density at radius 3 is 2.53 bits per heavy atom. The highest BCUT2D eigenvalue weighted by Crippen LogP contribution is 2.12. The van der Waals surface area contributed by atoms with Crippen molar-refractivity contribution >= 4 is 23.9 Å². The van der Waals surface area contributed by atoms with E-state index in [9.17, 15) is 9.59 Å². The van der Waals surface area contributed by atoms with Gasteiger partial charge in [0, 0.05) is 10.6 Å². The van der Waals surface area contributed by atoms with Crippen LogP contribution in [0, 0.1) is 0 Å². The van der Waals surface area contributed by atoms with Crippen molar-refractivity contribution in [2.45, 2.75) is 6.61 Å². The van der Waals surface area contributed by atoms with Crippen LogP contribution in [0.5, 0.6) is 0 Å². The first kappa shape index (κ1) is 13.3. The fraction of sp³-hybridized carbons (Fsp3) is 0.0667. The zero-order valence-electron chi connectivity index (χ0n) is 10.0. The molecule has 0 atom stereocenters. The van der Waals surface area contributed by atoms with Gasteiger partial charge in [0.15, 0.2) is 0 Å². The van der Waals surface area contributed by atoms with Gasteiger partial charge >= 0.3 is 5.97 Å². The van der Waals surface area contributed by atoms with Crippen LogP contribution in [0.1, 0.15) is 26.3 Å². The number of rotatable bonds is 4. The third-order valence-corrected chi connectivity index (χ3v) is 2.78. The molecule has 0 aromatic heterocycles. The summed E-state index contributed by atoms with van der Waals surface area (Å²) in [6, 6.07) is 13.4. The molecule has 2 aromatic carbocycles. The third-order valence-electron chi connectivity index (χ3n) is 2.54. The van der Waals surface area contributed by atoms with Crippen molar-refractivity contribution in [2.24, 2.45) is 0 Å². The summed E-state index contributed by atoms with van der Waals surface area (Å²) in [4.78, 5) is 22.3. The summed E-state index contributed by atoms with van der Waals surface area (Å²) in [5, 5.41) is 0.601. The van der Waals surface area contributed by atoms with Crippen LogP contribution in [0.2, 0.25) is 5.02 Å². The second kappa shape index (κ2) is 6.16. The van der Waals surface area contributed by atoms with Gasteiger partial charge in [-0.25, -0.2) is 4.79 Å². The first-order valence-electron chi connectivity index (χ1n) is 5.66. The van der Waals surface area contributed by atoms with Crippen LogP contribution in [-0.2, 0) is 11.3 Å². The lowest BCUT2D eigenvalue weighted by molar-refractivity contribution is 0.0472. The molecule has 0 bridgehead atoms. The van der Waals surface area contributed by atoms with Crippen LogP contribution in [0.15, 0.2) is 48.5 Å². The number of aldehydes is 1. The molecular formula is C15H11ClO3. The molecule has 2 rings (SSSR count). The first-order valence-corrected chi connectivity index (χ1v) is 6.03. The van der Waals surface area contributed by atoms with Crippen LogP contribution < -0.4 is 0 Å². The quantitative estimate of drug-likeness (QED) is 0.633. The normalized spacial score (nSPS) is 9.95. The Hall–Kier alpha value is -2.13. The number of hydrogen-bond donors (Lipinski definition) is 0. The van der Waals surface area contributed by atoms with Gasteiger partial charge in [0.1, 0.15) is 12.9 Å². The van der Waals surface area contributed by atoms with E-state index in [2.05, 4.69) is 0 Å². The van der Waals surface area contributed by atoms with Crippen molar-refractivity contribution in [1.82, 2.24) is 0 Å². The minimum absolute atomic E-state index is 0.162. The van der Waals surface area contributed by atoms with Crippen molar-refractivity contribution in [1.29, 1.82) is 0 Å². The van der Waals surface area contributed by atoms with Crippen LogP contribution in [0.25, 0.3) is 0 Å². The summed E-state index contributed by atoms with van der Waals surface area (Å²) in [6.07, 6.45) is 0.723. The molecule has 0 aliphatic rings. The molecular weight excluding hydrogens is 264 g/mol. The van der Waals surface area contributed by atoms with Gasteiger partial charge in [-0.15, -0.1) is 0 Å². The maximum atomic E-state index is 11.8. The number of ether oxygens (including phenoxy) is 1. The van der Waals surface area contributed by atoms with Gasteiger partial charge in [0.2, 0.25) is 0 Å². The van der Waals surface area contributed by atoms with Crippen molar-refractivity contribution in [3.05, 3.63) is 70.2 Å². The highest BCUT2D eigenvalue weighted by molar-refractivity contribution is 6.30. The molecule has 0 saturated carbocycles. The number of hydrogen-bond acceptors (Lipinski definition) is 3. The summed E-state index contributed by atoms with van der Waals surface area (Å²) in [5.74, 6) is -0.433. The molecule has 0 radical (unpaired) electrons. The first-order chi connectivity index (χ1) is 9.19. The average Bonchev–Trinajstić information content (AvgIpc) is 2.45. The Bertz CT molecular complexity index is 591. The Morgan fingerprint density at radius 1 is 1.16 bits per heavy atom. The number of carbonyl (C=O) groups is 2. The number of halogens is 1. The Kier molecular flexibility index (Phi) is 4.31. The lowest BCUT2D eigenvalue weighted by atomic mass is 10.1. The molecule has 2 aromatic rings. The molecule has 0 N–H and O–H groups in total. The van der Waals surface area contributed by atoms with E-state index in [1.54, 1.807) is 42.5 Å². The molecule has 3 nitrogen and oxygen atoms in total. The molecule has 0 spiro atoms. The monoisotopic (exact) mass is 274 g/mol. The number of esters is 1. The lowest BCUT2D eigenvalue weighted by Crippen LogP contribution is -2.05. The van der Waals surface area contributed by atoms with E-state index in [0.717, 1.165) is 11.8 Å². The molecule has 0 fully saturated rings. The largest absolute Gasteiger partial charge is 0.457 e. The van der Waals surface area contributed by atoms with Crippen LogP contribution in [0.3, 0.4) is 0 Å². The SMILES string of the molecule is O=Cc1ccc(C(=O)OCc2cccc(Cl)c2)cc1. The molecule has 96 valence electrons. The molecule has 0 unspecified atom stereocenters. The fourth-order valence-corrected chi connectivity index (χ4v) is 1.77. The van der Waals surface area contributed by atoms with Crippen molar-refractivity contribution in [3.63, 3.8) is 0 Å². The second-order valence-electron chi connectivity index (χ2n) is 3.95. The van der Waals surface area contributed by atoms with E-state index in [0.29, 0.717) is 16.1 Å². The van der Waals surface area contributed by atoms with E-state index < -0.39 is 5.97 Å². The Morgan fingerprint density at radius 2 is 1.89 bits per heavy atom. The van der Waals surface area contributed by atoms with Gasteiger partial charge in [-0.3, -0.25) is 4.79 Å². The second-order valence-corrected chi connectivity index (χ2v) is 4.38. The molecule has 0 heterocycles. The van der Waals surface area contributed by atoms with Gasteiger partial charge in [0.25, 0.3) is 0 Å². The Labute approximate surface area is 115 Å². The molecule has 0 saturated heterocycles. The standard InChI is InChI=1S/C15H11ClO3/c16-14-3-1-2-12(8-14)10-19-15(18)13-6-4-11(9-17)5-7-13/h1-9H,10H2. The van der Waals surface area contributed by atoms with Crippen LogP contribution in [0.4, 0.5) is 0 Å². The van der Waals surface area contributed by atoms with Gasteiger partial charge < -0.3 is 4.74 Å². The molecule has 0 amide bonds. The fourth-order valence-electron chi connectivity index (χ4n) is 1.56. The van der Waals surface area contributed by atoms with E-state index in [1.165, 1.54) is 0 Å². The summed E-state index contributed by atoms with van der Waals surface area (Å²) in [6.45, 7) is 0.162. The lowest BCUT2D eigenvalue weighted by Gasteiger charge is -2.05. The zero-order valence-corrected chi connectivity index (χ0v) is 10.8.